The number of aryl methyl sites for hydroxylation is 1. The quantitative estimate of drug-likeness (QED) is 0.790. The van der Waals surface area contributed by atoms with Gasteiger partial charge in [0.2, 0.25) is 0 Å². The van der Waals surface area contributed by atoms with Crippen molar-refractivity contribution in [1.29, 1.82) is 5.26 Å². The Bertz CT molecular complexity index is 499. The molecule has 0 spiro atoms. The summed E-state index contributed by atoms with van der Waals surface area (Å²) in [7, 11) is 0. The van der Waals surface area contributed by atoms with E-state index in [1.807, 2.05) is 13.0 Å². The van der Waals surface area contributed by atoms with Crippen LogP contribution in [0.5, 0.6) is 0 Å². The second-order valence-electron chi connectivity index (χ2n) is 3.77. The van der Waals surface area contributed by atoms with E-state index in [1.165, 1.54) is 11.0 Å². The summed E-state index contributed by atoms with van der Waals surface area (Å²) in [4.78, 5) is 27.6. The predicted octanol–water partition coefficient (Wildman–Crippen LogP) is 1.06. The number of hydrogen-bond donors (Lipinski definition) is 1. The number of pyridine rings is 1. The predicted molar refractivity (Wildman–Crippen MR) is 63.6 cm³/mol. The Balaban J connectivity index is 3.01. The Labute approximate surface area is 99.7 Å². The third-order valence-corrected chi connectivity index (χ3v) is 2.33. The van der Waals surface area contributed by atoms with E-state index < -0.39 is 11.5 Å². The molecule has 0 fully saturated rings. The summed E-state index contributed by atoms with van der Waals surface area (Å²) in [6.07, 6.45) is 0.747. The lowest BCUT2D eigenvalue weighted by Crippen LogP contribution is -2.35. The van der Waals surface area contributed by atoms with E-state index in [2.05, 4.69) is 4.98 Å². The lowest BCUT2D eigenvalue weighted by atomic mass is 10.2. The molecule has 0 radical (unpaired) electrons. The number of H-pyrrole nitrogens is 1. The van der Waals surface area contributed by atoms with E-state index in [0.717, 1.165) is 6.42 Å². The monoisotopic (exact) mass is 233 g/mol. The minimum Gasteiger partial charge on any atom is -0.326 e. The van der Waals surface area contributed by atoms with Crippen LogP contribution in [0.4, 0.5) is 0 Å². The molecule has 1 rings (SSSR count). The van der Waals surface area contributed by atoms with Gasteiger partial charge in [0.05, 0.1) is 6.07 Å². The maximum atomic E-state index is 12.0. The SMILES string of the molecule is CCCN(CC#N)C(=O)c1ccc(C)[nH]c1=O. The smallest absolute Gasteiger partial charge is 0.260 e. The largest absolute Gasteiger partial charge is 0.326 e. The van der Waals surface area contributed by atoms with E-state index >= 15 is 0 Å². The molecular formula is C12H15N3O2. The first kappa shape index (κ1) is 13.0. The summed E-state index contributed by atoms with van der Waals surface area (Å²) in [5.41, 5.74) is 0.377. The van der Waals surface area contributed by atoms with E-state index in [4.69, 9.17) is 5.26 Å². The van der Waals surface area contributed by atoms with E-state index in [9.17, 15) is 9.59 Å². The van der Waals surface area contributed by atoms with Crippen LogP contribution in [0.25, 0.3) is 0 Å². The molecule has 0 bridgehead atoms. The van der Waals surface area contributed by atoms with Crippen LogP contribution in [0.3, 0.4) is 0 Å². The summed E-state index contributed by atoms with van der Waals surface area (Å²) < 4.78 is 0. The molecule has 0 unspecified atom stereocenters. The summed E-state index contributed by atoms with van der Waals surface area (Å²) in [6.45, 7) is 4.13. The van der Waals surface area contributed by atoms with Gasteiger partial charge in [-0.25, -0.2) is 0 Å². The van der Waals surface area contributed by atoms with Crippen molar-refractivity contribution in [2.45, 2.75) is 20.3 Å². The third-order valence-electron chi connectivity index (χ3n) is 2.33. The molecular weight excluding hydrogens is 218 g/mol. The van der Waals surface area contributed by atoms with Crippen molar-refractivity contribution >= 4 is 5.91 Å². The highest BCUT2D eigenvalue weighted by atomic mass is 16.2. The van der Waals surface area contributed by atoms with Gasteiger partial charge in [0.1, 0.15) is 12.1 Å². The molecule has 1 aromatic rings. The topological polar surface area (TPSA) is 77.0 Å². The summed E-state index contributed by atoms with van der Waals surface area (Å²) in [6, 6.07) is 5.10. The molecule has 0 aliphatic heterocycles. The van der Waals surface area contributed by atoms with Crippen LogP contribution < -0.4 is 5.56 Å². The van der Waals surface area contributed by atoms with Crippen LogP contribution in [-0.4, -0.2) is 28.9 Å². The number of aromatic amines is 1. The Kier molecular flexibility index (Phi) is 4.46. The third kappa shape index (κ3) is 3.18. The van der Waals surface area contributed by atoms with E-state index in [0.29, 0.717) is 12.2 Å². The maximum absolute atomic E-state index is 12.0. The number of nitrogens with one attached hydrogen (secondary N) is 1. The molecule has 90 valence electrons. The van der Waals surface area contributed by atoms with Crippen molar-refractivity contribution in [3.63, 3.8) is 0 Å². The zero-order valence-corrected chi connectivity index (χ0v) is 9.99. The molecule has 1 amide bonds. The molecule has 0 aliphatic carbocycles. The van der Waals surface area contributed by atoms with Crippen molar-refractivity contribution < 1.29 is 4.79 Å². The maximum Gasteiger partial charge on any atom is 0.260 e. The second kappa shape index (κ2) is 5.85. The van der Waals surface area contributed by atoms with Gasteiger partial charge in [0, 0.05) is 12.2 Å². The Morgan fingerprint density at radius 3 is 2.76 bits per heavy atom. The lowest BCUT2D eigenvalue weighted by molar-refractivity contribution is 0.0774. The van der Waals surface area contributed by atoms with Crippen LogP contribution in [-0.2, 0) is 0 Å². The molecule has 0 aromatic carbocycles. The number of hydrogen-bond acceptors (Lipinski definition) is 3. The number of carbonyl (C=O) groups is 1. The van der Waals surface area contributed by atoms with Crippen LogP contribution in [0.2, 0.25) is 0 Å². The molecule has 0 aliphatic rings. The molecule has 1 heterocycles. The van der Waals surface area contributed by atoms with Crippen molar-refractivity contribution in [1.82, 2.24) is 9.88 Å². The number of aromatic nitrogens is 1. The first-order valence-electron chi connectivity index (χ1n) is 5.46. The molecule has 0 saturated heterocycles. The first-order valence-corrected chi connectivity index (χ1v) is 5.46. The molecule has 5 nitrogen and oxygen atoms in total. The highest BCUT2D eigenvalue weighted by Gasteiger charge is 2.17. The van der Waals surface area contributed by atoms with Gasteiger partial charge >= 0.3 is 0 Å². The van der Waals surface area contributed by atoms with Crippen LogP contribution in [0.1, 0.15) is 29.4 Å². The number of nitrogens with zero attached hydrogens (tertiary/aromatic N) is 2. The summed E-state index contributed by atoms with van der Waals surface area (Å²) in [5, 5.41) is 8.64. The lowest BCUT2D eigenvalue weighted by Gasteiger charge is -2.18. The Morgan fingerprint density at radius 1 is 1.53 bits per heavy atom. The van der Waals surface area contributed by atoms with Gasteiger partial charge in [-0.2, -0.15) is 5.26 Å². The van der Waals surface area contributed by atoms with Gasteiger partial charge < -0.3 is 9.88 Å². The van der Waals surface area contributed by atoms with Crippen molar-refractivity contribution in [2.24, 2.45) is 0 Å². The second-order valence-corrected chi connectivity index (χ2v) is 3.77. The molecule has 1 aromatic heterocycles. The standard InChI is InChI=1S/C12H15N3O2/c1-3-7-15(8-6-13)12(17)10-5-4-9(2)14-11(10)16/h4-5H,3,7-8H2,1-2H3,(H,14,16). The first-order chi connectivity index (χ1) is 8.10. The van der Waals surface area contributed by atoms with Gasteiger partial charge in [-0.3, -0.25) is 9.59 Å². The number of amides is 1. The van der Waals surface area contributed by atoms with Crippen LogP contribution >= 0.6 is 0 Å². The van der Waals surface area contributed by atoms with Gasteiger partial charge in [0.25, 0.3) is 11.5 Å². The highest BCUT2D eigenvalue weighted by Crippen LogP contribution is 2.01. The molecule has 0 saturated carbocycles. The van der Waals surface area contributed by atoms with Crippen molar-refractivity contribution in [3.8, 4) is 6.07 Å². The van der Waals surface area contributed by atoms with Crippen molar-refractivity contribution in [3.05, 3.63) is 33.7 Å². The van der Waals surface area contributed by atoms with Gasteiger partial charge in [0.15, 0.2) is 0 Å². The van der Waals surface area contributed by atoms with Gasteiger partial charge in [-0.05, 0) is 25.5 Å². The molecule has 5 heteroatoms. The fourth-order valence-electron chi connectivity index (χ4n) is 1.52. The van der Waals surface area contributed by atoms with Crippen molar-refractivity contribution in [2.75, 3.05) is 13.1 Å². The fourth-order valence-corrected chi connectivity index (χ4v) is 1.52. The minimum atomic E-state index is -0.408. The van der Waals surface area contributed by atoms with Crippen LogP contribution in [0, 0.1) is 18.3 Å². The fraction of sp³-hybridized carbons (Fsp3) is 0.417. The normalized spacial score (nSPS) is 9.71. The van der Waals surface area contributed by atoms with Gasteiger partial charge in [-0.15, -0.1) is 0 Å². The number of nitriles is 1. The number of rotatable bonds is 4. The zero-order valence-electron chi connectivity index (χ0n) is 9.99. The molecule has 0 atom stereocenters. The highest BCUT2D eigenvalue weighted by molar-refractivity contribution is 5.94. The minimum absolute atomic E-state index is 0.0000102. The number of carbonyl (C=O) groups excluding carboxylic acids is 1. The van der Waals surface area contributed by atoms with Crippen LogP contribution in [0.15, 0.2) is 16.9 Å². The van der Waals surface area contributed by atoms with E-state index in [-0.39, 0.29) is 12.1 Å². The van der Waals surface area contributed by atoms with Gasteiger partial charge in [-0.1, -0.05) is 6.92 Å². The van der Waals surface area contributed by atoms with E-state index in [1.54, 1.807) is 13.0 Å². The Morgan fingerprint density at radius 2 is 2.24 bits per heavy atom. The average Bonchev–Trinajstić information content (AvgIpc) is 2.28. The summed E-state index contributed by atoms with van der Waals surface area (Å²) >= 11 is 0. The zero-order chi connectivity index (χ0) is 12.8. The average molecular weight is 233 g/mol. The summed E-state index contributed by atoms with van der Waals surface area (Å²) in [5.74, 6) is -0.394. The molecule has 1 N–H and O–H groups in total. The molecule has 17 heavy (non-hydrogen) atoms. The Hall–Kier alpha value is -2.09.